The van der Waals surface area contributed by atoms with Gasteiger partial charge >= 0.3 is 0 Å². The average Bonchev–Trinajstić information content (AvgIpc) is 3.61. The van der Waals surface area contributed by atoms with Crippen LogP contribution in [0.5, 0.6) is 0 Å². The first-order valence-corrected chi connectivity index (χ1v) is 11.9. The summed E-state index contributed by atoms with van der Waals surface area (Å²) in [6.07, 6.45) is 6.01. The molecule has 4 atom stereocenters. The molecule has 7 heteroatoms. The number of piperazine rings is 1. The van der Waals surface area contributed by atoms with Crippen LogP contribution in [0.1, 0.15) is 50.9 Å². The quantitative estimate of drug-likeness (QED) is 0.767. The van der Waals surface area contributed by atoms with Crippen LogP contribution in [0.4, 0.5) is 17.2 Å². The third-order valence-electron chi connectivity index (χ3n) is 7.23. The van der Waals surface area contributed by atoms with Crippen molar-refractivity contribution >= 4 is 23.1 Å². The van der Waals surface area contributed by atoms with Crippen LogP contribution in [0.3, 0.4) is 0 Å². The molecule has 5 rings (SSSR count). The molecule has 2 aliphatic heterocycles. The highest BCUT2D eigenvalue weighted by Gasteiger charge is 2.47. The molecule has 1 amide bonds. The SMILES string of the molecule is CC(=O)N1c2ccc(N3CCN[C@@H](C)C3)cc2C(Nc2cnc(C)cn2)C(C)C1C1CC1. The Kier molecular flexibility index (Phi) is 5.53. The summed E-state index contributed by atoms with van der Waals surface area (Å²) in [6.45, 7) is 11.1. The monoisotopic (exact) mass is 434 g/mol. The number of nitrogens with zero attached hydrogens (tertiary/aromatic N) is 4. The van der Waals surface area contributed by atoms with Crippen molar-refractivity contribution in [3.63, 3.8) is 0 Å². The number of hydrogen-bond donors (Lipinski definition) is 2. The predicted octanol–water partition coefficient (Wildman–Crippen LogP) is 3.52. The minimum atomic E-state index is 0.0727. The molecular formula is C25H34N6O. The second kappa shape index (κ2) is 8.35. The molecule has 2 fully saturated rings. The van der Waals surface area contributed by atoms with Gasteiger partial charge in [-0.15, -0.1) is 0 Å². The highest BCUT2D eigenvalue weighted by molar-refractivity contribution is 5.94. The van der Waals surface area contributed by atoms with Crippen molar-refractivity contribution in [1.29, 1.82) is 0 Å². The molecule has 1 saturated carbocycles. The number of carbonyl (C=O) groups is 1. The number of rotatable bonds is 4. The smallest absolute Gasteiger partial charge is 0.224 e. The molecule has 3 aliphatic rings. The van der Waals surface area contributed by atoms with E-state index in [2.05, 4.69) is 62.4 Å². The first-order valence-electron chi connectivity index (χ1n) is 11.9. The maximum atomic E-state index is 12.8. The van der Waals surface area contributed by atoms with Crippen LogP contribution in [-0.2, 0) is 4.79 Å². The summed E-state index contributed by atoms with van der Waals surface area (Å²) in [7, 11) is 0. The minimum absolute atomic E-state index is 0.0727. The van der Waals surface area contributed by atoms with E-state index in [4.69, 9.17) is 0 Å². The van der Waals surface area contributed by atoms with Crippen LogP contribution in [0.15, 0.2) is 30.6 Å². The number of nitrogens with one attached hydrogen (secondary N) is 2. The van der Waals surface area contributed by atoms with Crippen molar-refractivity contribution in [2.75, 3.05) is 34.8 Å². The van der Waals surface area contributed by atoms with Crippen LogP contribution < -0.4 is 20.4 Å². The highest BCUT2D eigenvalue weighted by atomic mass is 16.2. The Morgan fingerprint density at radius 3 is 2.66 bits per heavy atom. The summed E-state index contributed by atoms with van der Waals surface area (Å²) in [5.74, 6) is 1.75. The van der Waals surface area contributed by atoms with E-state index >= 15 is 0 Å². The molecule has 7 nitrogen and oxygen atoms in total. The van der Waals surface area contributed by atoms with Crippen LogP contribution >= 0.6 is 0 Å². The molecule has 170 valence electrons. The Morgan fingerprint density at radius 2 is 2.00 bits per heavy atom. The van der Waals surface area contributed by atoms with Gasteiger partial charge in [-0.2, -0.15) is 0 Å². The molecular weight excluding hydrogens is 400 g/mol. The van der Waals surface area contributed by atoms with Gasteiger partial charge in [0.15, 0.2) is 0 Å². The molecule has 3 heterocycles. The van der Waals surface area contributed by atoms with Crippen molar-refractivity contribution in [3.8, 4) is 0 Å². The summed E-state index contributed by atoms with van der Waals surface area (Å²) >= 11 is 0. The van der Waals surface area contributed by atoms with Crippen molar-refractivity contribution in [2.24, 2.45) is 11.8 Å². The highest BCUT2D eigenvalue weighted by Crippen LogP contribution is 2.50. The van der Waals surface area contributed by atoms with Crippen LogP contribution in [0.2, 0.25) is 0 Å². The van der Waals surface area contributed by atoms with Gasteiger partial charge in [0.1, 0.15) is 5.82 Å². The zero-order valence-electron chi connectivity index (χ0n) is 19.5. The third kappa shape index (κ3) is 3.94. The average molecular weight is 435 g/mol. The van der Waals surface area contributed by atoms with E-state index in [0.717, 1.165) is 36.8 Å². The van der Waals surface area contributed by atoms with Crippen molar-refractivity contribution in [3.05, 3.63) is 41.9 Å². The van der Waals surface area contributed by atoms with Crippen molar-refractivity contribution in [2.45, 2.75) is 58.7 Å². The van der Waals surface area contributed by atoms with Gasteiger partial charge in [-0.05, 0) is 50.8 Å². The van der Waals surface area contributed by atoms with Gasteiger partial charge in [0, 0.05) is 61.5 Å². The molecule has 0 radical (unpaired) electrons. The number of benzene rings is 1. The Morgan fingerprint density at radius 1 is 1.19 bits per heavy atom. The maximum Gasteiger partial charge on any atom is 0.224 e. The lowest BCUT2D eigenvalue weighted by Crippen LogP contribution is -2.51. The Hall–Kier alpha value is -2.67. The van der Waals surface area contributed by atoms with Crippen molar-refractivity contribution in [1.82, 2.24) is 15.3 Å². The van der Waals surface area contributed by atoms with Crippen LogP contribution in [0.25, 0.3) is 0 Å². The first-order chi connectivity index (χ1) is 15.4. The summed E-state index contributed by atoms with van der Waals surface area (Å²) < 4.78 is 0. The lowest BCUT2D eigenvalue weighted by Gasteiger charge is -2.46. The van der Waals surface area contributed by atoms with Gasteiger partial charge in [-0.3, -0.25) is 9.78 Å². The van der Waals surface area contributed by atoms with Gasteiger partial charge in [-0.1, -0.05) is 6.92 Å². The number of anilines is 3. The molecule has 3 unspecified atom stereocenters. The second-order valence-corrected chi connectivity index (χ2v) is 9.79. The van der Waals surface area contributed by atoms with Gasteiger partial charge in [0.2, 0.25) is 5.91 Å². The molecule has 1 aliphatic carbocycles. The topological polar surface area (TPSA) is 73.4 Å². The maximum absolute atomic E-state index is 12.8. The number of hydrogen-bond acceptors (Lipinski definition) is 6. The van der Waals surface area contributed by atoms with E-state index in [1.807, 2.05) is 13.1 Å². The van der Waals surface area contributed by atoms with E-state index in [1.54, 1.807) is 13.1 Å². The molecule has 1 saturated heterocycles. The largest absolute Gasteiger partial charge is 0.369 e. The van der Waals surface area contributed by atoms with E-state index in [-0.39, 0.29) is 23.9 Å². The Labute approximate surface area is 190 Å². The van der Waals surface area contributed by atoms with Crippen molar-refractivity contribution < 1.29 is 4.79 Å². The molecule has 1 aromatic heterocycles. The first kappa shape index (κ1) is 21.2. The van der Waals surface area contributed by atoms with Gasteiger partial charge in [-0.25, -0.2) is 4.98 Å². The molecule has 32 heavy (non-hydrogen) atoms. The number of aryl methyl sites for hydroxylation is 1. The third-order valence-corrected chi connectivity index (χ3v) is 7.23. The minimum Gasteiger partial charge on any atom is -0.369 e. The molecule has 2 N–H and O–H groups in total. The zero-order valence-corrected chi connectivity index (χ0v) is 19.5. The fraction of sp³-hybridized carbons (Fsp3) is 0.560. The van der Waals surface area contributed by atoms with Gasteiger partial charge in [0.25, 0.3) is 0 Å². The normalized spacial score (nSPS) is 27.8. The summed E-state index contributed by atoms with van der Waals surface area (Å²) in [5, 5.41) is 7.20. The van der Waals surface area contributed by atoms with Gasteiger partial charge < -0.3 is 20.4 Å². The van der Waals surface area contributed by atoms with Crippen LogP contribution in [-0.4, -0.2) is 47.6 Å². The Balaban J connectivity index is 1.57. The van der Waals surface area contributed by atoms with Gasteiger partial charge in [0.05, 0.1) is 24.1 Å². The fourth-order valence-electron chi connectivity index (χ4n) is 5.54. The van der Waals surface area contributed by atoms with Crippen LogP contribution in [0, 0.1) is 18.8 Å². The lowest BCUT2D eigenvalue weighted by molar-refractivity contribution is -0.117. The van der Waals surface area contributed by atoms with E-state index < -0.39 is 0 Å². The molecule has 0 bridgehead atoms. The lowest BCUT2D eigenvalue weighted by atomic mass is 9.79. The fourth-order valence-corrected chi connectivity index (χ4v) is 5.54. The Bertz CT molecular complexity index is 988. The predicted molar refractivity (Wildman–Crippen MR) is 128 cm³/mol. The van der Waals surface area contributed by atoms with E-state index in [1.165, 1.54) is 24.1 Å². The van der Waals surface area contributed by atoms with E-state index in [9.17, 15) is 4.79 Å². The summed E-state index contributed by atoms with van der Waals surface area (Å²) in [4.78, 5) is 26.4. The number of amides is 1. The number of aromatic nitrogens is 2. The zero-order chi connectivity index (χ0) is 22.4. The molecule has 2 aromatic rings. The standard InChI is InChI=1S/C25H34N6O/c1-15-12-28-23(13-27-15)29-24-17(3)25(19-5-6-19)31(18(4)32)22-8-7-20(11-21(22)24)30-10-9-26-16(2)14-30/h7-8,11-13,16-17,19,24-26H,5-6,9-10,14H2,1-4H3,(H,28,29)/t16-,17?,24?,25?/m0/s1. The number of carbonyl (C=O) groups excluding carboxylic acids is 1. The summed E-state index contributed by atoms with van der Waals surface area (Å²) in [5.41, 5.74) is 4.34. The number of fused-ring (bicyclic) bond motifs is 1. The summed E-state index contributed by atoms with van der Waals surface area (Å²) in [6, 6.07) is 7.39. The molecule has 0 spiro atoms. The molecule has 1 aromatic carbocycles. The van der Waals surface area contributed by atoms with E-state index in [0.29, 0.717) is 12.0 Å². The second-order valence-electron chi connectivity index (χ2n) is 9.79.